The summed E-state index contributed by atoms with van der Waals surface area (Å²) in [5, 5.41) is 26.6. The minimum Gasteiger partial charge on any atom is -0.381 e. The summed E-state index contributed by atoms with van der Waals surface area (Å²) in [4.78, 5) is 11.0. The van der Waals surface area contributed by atoms with E-state index in [2.05, 4.69) is 66.9 Å². The van der Waals surface area contributed by atoms with E-state index in [9.17, 15) is 10.2 Å². The third kappa shape index (κ3) is 3.98. The highest BCUT2D eigenvalue weighted by atomic mass is 16.5. The fourth-order valence-electron chi connectivity index (χ4n) is 5.14. The Hall–Kier alpha value is -2.61. The van der Waals surface area contributed by atoms with Gasteiger partial charge in [0.2, 0.25) is 5.82 Å². The molecule has 0 unspecified atom stereocenters. The van der Waals surface area contributed by atoms with Crippen molar-refractivity contribution in [1.82, 2.24) is 20.0 Å². The first-order chi connectivity index (χ1) is 15.3. The second-order valence-electron chi connectivity index (χ2n) is 10.6. The Kier molecular flexibility index (Phi) is 5.71. The van der Waals surface area contributed by atoms with Gasteiger partial charge in [0.25, 0.3) is 5.89 Å². The molecule has 7 heteroatoms. The summed E-state index contributed by atoms with van der Waals surface area (Å²) in [5.41, 5.74) is 1.69. The number of benzene rings is 1. The molecule has 4 rings (SSSR count). The Bertz CT molecular complexity index is 1160. The van der Waals surface area contributed by atoms with Crippen LogP contribution >= 0.6 is 0 Å². The van der Waals surface area contributed by atoms with Crippen molar-refractivity contribution in [1.29, 1.82) is 0 Å². The van der Waals surface area contributed by atoms with E-state index in [1.807, 2.05) is 12.1 Å². The highest BCUT2D eigenvalue weighted by Crippen LogP contribution is 2.50. The quantitative estimate of drug-likeness (QED) is 0.586. The molecular weight excluding hydrogens is 416 g/mol. The standard InChI is InChI=1S/C26H34N4O3/c1-16(2)21-9-8-19(10-17(21)3)26(32,25(6)14-30(7)15-25)20-11-18(12-27-13-20)22-28-23(33-29-22)24(4,5)31/h8-13,16,31-32H,14-15H2,1-7H3/t26-/m0/s1. The summed E-state index contributed by atoms with van der Waals surface area (Å²) in [6.45, 7) is 13.3. The first-order valence-electron chi connectivity index (χ1n) is 11.4. The van der Waals surface area contributed by atoms with Crippen molar-refractivity contribution in [2.45, 2.75) is 58.7 Å². The van der Waals surface area contributed by atoms with Gasteiger partial charge in [-0.25, -0.2) is 0 Å². The van der Waals surface area contributed by atoms with E-state index >= 15 is 0 Å². The lowest BCUT2D eigenvalue weighted by molar-refractivity contribution is -0.127. The van der Waals surface area contributed by atoms with Gasteiger partial charge in [-0.1, -0.05) is 44.1 Å². The van der Waals surface area contributed by atoms with Gasteiger partial charge in [0.15, 0.2) is 0 Å². The minimum atomic E-state index is -1.26. The lowest BCUT2D eigenvalue weighted by atomic mass is 9.62. The number of pyridine rings is 1. The Morgan fingerprint density at radius 2 is 1.79 bits per heavy atom. The lowest BCUT2D eigenvalue weighted by Gasteiger charge is -2.56. The molecule has 7 nitrogen and oxygen atoms in total. The minimum absolute atomic E-state index is 0.130. The van der Waals surface area contributed by atoms with Gasteiger partial charge in [-0.05, 0) is 56.5 Å². The molecule has 1 aliphatic rings. The van der Waals surface area contributed by atoms with Crippen molar-refractivity contribution in [2.24, 2.45) is 5.41 Å². The molecule has 1 atom stereocenters. The predicted octanol–water partition coefficient (Wildman–Crippen LogP) is 3.98. The molecule has 0 radical (unpaired) electrons. The maximum Gasteiger partial charge on any atom is 0.258 e. The summed E-state index contributed by atoms with van der Waals surface area (Å²) in [6, 6.07) is 8.14. The SMILES string of the molecule is Cc1cc([C@](O)(c2cncc(-c3noc(C(C)(C)O)n3)c2)C2(C)CN(C)C2)ccc1C(C)C. The first-order valence-corrected chi connectivity index (χ1v) is 11.4. The van der Waals surface area contributed by atoms with Crippen molar-refractivity contribution >= 4 is 0 Å². The van der Waals surface area contributed by atoms with E-state index in [4.69, 9.17) is 4.52 Å². The van der Waals surface area contributed by atoms with E-state index in [-0.39, 0.29) is 5.89 Å². The van der Waals surface area contributed by atoms with Crippen LogP contribution in [0.2, 0.25) is 0 Å². The summed E-state index contributed by atoms with van der Waals surface area (Å²) in [5.74, 6) is 0.863. The van der Waals surface area contributed by atoms with E-state index in [1.165, 1.54) is 5.56 Å². The monoisotopic (exact) mass is 450 g/mol. The van der Waals surface area contributed by atoms with Gasteiger partial charge >= 0.3 is 0 Å². The first kappa shape index (κ1) is 23.5. The fraction of sp³-hybridized carbons (Fsp3) is 0.500. The predicted molar refractivity (Wildman–Crippen MR) is 127 cm³/mol. The zero-order valence-electron chi connectivity index (χ0n) is 20.5. The summed E-state index contributed by atoms with van der Waals surface area (Å²) >= 11 is 0. The fourth-order valence-corrected chi connectivity index (χ4v) is 5.14. The van der Waals surface area contributed by atoms with Crippen molar-refractivity contribution in [3.05, 3.63) is 64.8 Å². The molecule has 0 bridgehead atoms. The number of likely N-dealkylation sites (tertiary alicyclic amines) is 1. The molecule has 3 aromatic rings. The maximum atomic E-state index is 12.4. The second-order valence-corrected chi connectivity index (χ2v) is 10.6. The Labute approximate surface area is 195 Å². The zero-order chi connectivity index (χ0) is 24.2. The van der Waals surface area contributed by atoms with Crippen LogP contribution in [0.5, 0.6) is 0 Å². The third-order valence-corrected chi connectivity index (χ3v) is 6.78. The summed E-state index contributed by atoms with van der Waals surface area (Å²) < 4.78 is 5.25. The van der Waals surface area contributed by atoms with Gasteiger partial charge in [-0.3, -0.25) is 4.98 Å². The second kappa shape index (κ2) is 8.01. The van der Waals surface area contributed by atoms with Crippen LogP contribution in [0.15, 0.2) is 41.2 Å². The van der Waals surface area contributed by atoms with E-state index in [0.29, 0.717) is 22.9 Å². The molecule has 1 fully saturated rings. The van der Waals surface area contributed by atoms with Crippen LogP contribution in [0, 0.1) is 12.3 Å². The van der Waals surface area contributed by atoms with Gasteiger partial charge in [-0.15, -0.1) is 0 Å². The van der Waals surface area contributed by atoms with Crippen LogP contribution in [0.1, 0.15) is 68.7 Å². The molecule has 0 spiro atoms. The third-order valence-electron chi connectivity index (χ3n) is 6.78. The molecule has 0 aliphatic carbocycles. The van der Waals surface area contributed by atoms with E-state index in [1.54, 1.807) is 26.2 Å². The Balaban J connectivity index is 1.84. The van der Waals surface area contributed by atoms with E-state index in [0.717, 1.165) is 24.2 Å². The van der Waals surface area contributed by atoms with Crippen molar-refractivity contribution in [3.8, 4) is 11.4 Å². The van der Waals surface area contributed by atoms with Crippen LogP contribution in [-0.4, -0.2) is 50.4 Å². The van der Waals surface area contributed by atoms with Gasteiger partial charge < -0.3 is 19.6 Å². The Morgan fingerprint density at radius 3 is 2.33 bits per heavy atom. The molecule has 3 heterocycles. The van der Waals surface area contributed by atoms with Crippen molar-refractivity contribution in [3.63, 3.8) is 0 Å². The van der Waals surface area contributed by atoms with Crippen molar-refractivity contribution < 1.29 is 14.7 Å². The number of nitrogens with zero attached hydrogens (tertiary/aromatic N) is 4. The molecular formula is C26H34N4O3. The number of hydrogen-bond acceptors (Lipinski definition) is 7. The van der Waals surface area contributed by atoms with Crippen LogP contribution in [0.25, 0.3) is 11.4 Å². The van der Waals surface area contributed by atoms with E-state index < -0.39 is 16.6 Å². The molecule has 33 heavy (non-hydrogen) atoms. The number of aliphatic hydroxyl groups is 2. The van der Waals surface area contributed by atoms with Gasteiger partial charge in [0.05, 0.1) is 0 Å². The molecule has 0 saturated carbocycles. The molecule has 176 valence electrons. The smallest absolute Gasteiger partial charge is 0.258 e. The number of rotatable bonds is 6. The molecule has 2 N–H and O–H groups in total. The molecule has 1 aromatic carbocycles. The number of aromatic nitrogens is 3. The van der Waals surface area contributed by atoms with Crippen LogP contribution < -0.4 is 0 Å². The maximum absolute atomic E-state index is 12.4. The lowest BCUT2D eigenvalue weighted by Crippen LogP contribution is -2.63. The normalized spacial score (nSPS) is 18.2. The Morgan fingerprint density at radius 1 is 1.09 bits per heavy atom. The summed E-state index contributed by atoms with van der Waals surface area (Å²) in [6.07, 6.45) is 3.36. The topological polar surface area (TPSA) is 95.5 Å². The molecule has 2 aromatic heterocycles. The zero-order valence-corrected chi connectivity index (χ0v) is 20.5. The van der Waals surface area contributed by atoms with Crippen molar-refractivity contribution in [2.75, 3.05) is 20.1 Å². The highest BCUT2D eigenvalue weighted by molar-refractivity contribution is 5.56. The number of aryl methyl sites for hydroxylation is 1. The summed E-state index contributed by atoms with van der Waals surface area (Å²) in [7, 11) is 2.06. The van der Waals surface area contributed by atoms with Gasteiger partial charge in [0, 0.05) is 42.0 Å². The van der Waals surface area contributed by atoms with Gasteiger partial charge in [0.1, 0.15) is 11.2 Å². The average Bonchev–Trinajstić information content (AvgIpc) is 3.23. The molecule has 0 amide bonds. The largest absolute Gasteiger partial charge is 0.381 e. The van der Waals surface area contributed by atoms with Crippen LogP contribution in [-0.2, 0) is 11.2 Å². The van der Waals surface area contributed by atoms with Crippen LogP contribution in [0.4, 0.5) is 0 Å². The van der Waals surface area contributed by atoms with Gasteiger partial charge in [-0.2, -0.15) is 4.98 Å². The highest BCUT2D eigenvalue weighted by Gasteiger charge is 2.55. The average molecular weight is 451 g/mol. The molecule has 1 aliphatic heterocycles. The molecule has 1 saturated heterocycles. The number of hydrogen-bond donors (Lipinski definition) is 2. The van der Waals surface area contributed by atoms with Crippen LogP contribution in [0.3, 0.4) is 0 Å².